The first-order chi connectivity index (χ1) is 8.67. The van der Waals surface area contributed by atoms with Gasteiger partial charge in [-0.05, 0) is 37.5 Å². The van der Waals surface area contributed by atoms with Gasteiger partial charge in [-0.25, -0.2) is 0 Å². The van der Waals surface area contributed by atoms with Gasteiger partial charge in [-0.2, -0.15) is 0 Å². The highest BCUT2D eigenvalue weighted by Gasteiger charge is 2.44. The fraction of sp³-hybridized carbons (Fsp3) is 0.857. The lowest BCUT2D eigenvalue weighted by molar-refractivity contribution is -0.153. The smallest absolute Gasteiger partial charge is 0.229 e. The number of amides is 2. The standard InChI is InChI=1S/C14H23NO3/c16-9-5-1-4-8-15-12(17)10-14(11-13(15)18)6-2-3-7-14/h16H,1-11H2. The van der Waals surface area contributed by atoms with Crippen molar-refractivity contribution in [3.63, 3.8) is 0 Å². The van der Waals surface area contributed by atoms with Crippen LogP contribution in [0.4, 0.5) is 0 Å². The summed E-state index contributed by atoms with van der Waals surface area (Å²) in [6.45, 7) is 0.721. The van der Waals surface area contributed by atoms with Crippen LogP contribution in [0, 0.1) is 5.41 Å². The highest BCUT2D eigenvalue weighted by Crippen LogP contribution is 2.46. The Hall–Kier alpha value is -0.900. The molecule has 0 aromatic heterocycles. The molecule has 4 heteroatoms. The van der Waals surface area contributed by atoms with Crippen molar-refractivity contribution < 1.29 is 14.7 Å². The lowest BCUT2D eigenvalue weighted by Gasteiger charge is -2.37. The van der Waals surface area contributed by atoms with Crippen LogP contribution in [-0.2, 0) is 9.59 Å². The molecule has 0 radical (unpaired) electrons. The largest absolute Gasteiger partial charge is 0.396 e. The summed E-state index contributed by atoms with van der Waals surface area (Å²) in [6.07, 6.45) is 7.99. The Morgan fingerprint density at radius 2 is 1.61 bits per heavy atom. The molecule has 0 unspecified atom stereocenters. The molecule has 1 aliphatic carbocycles. The van der Waals surface area contributed by atoms with Crippen molar-refractivity contribution in [2.24, 2.45) is 5.41 Å². The topological polar surface area (TPSA) is 57.6 Å². The fourth-order valence-corrected chi connectivity index (χ4v) is 3.32. The first kappa shape index (κ1) is 13.5. The number of aliphatic hydroxyl groups is 1. The van der Waals surface area contributed by atoms with Crippen LogP contribution >= 0.6 is 0 Å². The lowest BCUT2D eigenvalue weighted by Crippen LogP contribution is -2.47. The number of hydrogen-bond donors (Lipinski definition) is 1. The average molecular weight is 253 g/mol. The zero-order valence-electron chi connectivity index (χ0n) is 11.0. The van der Waals surface area contributed by atoms with Gasteiger partial charge >= 0.3 is 0 Å². The van der Waals surface area contributed by atoms with Crippen molar-refractivity contribution in [1.29, 1.82) is 0 Å². The zero-order chi connectivity index (χ0) is 13.0. The second-order valence-electron chi connectivity index (χ2n) is 5.78. The zero-order valence-corrected chi connectivity index (χ0v) is 11.0. The SMILES string of the molecule is O=C1CC2(CCCC2)CC(=O)N1CCCCCO. The van der Waals surface area contributed by atoms with Crippen LogP contribution in [0.5, 0.6) is 0 Å². The summed E-state index contributed by atoms with van der Waals surface area (Å²) >= 11 is 0. The summed E-state index contributed by atoms with van der Waals surface area (Å²) in [5, 5.41) is 8.70. The van der Waals surface area contributed by atoms with E-state index in [0.717, 1.165) is 44.9 Å². The molecule has 2 rings (SSSR count). The van der Waals surface area contributed by atoms with E-state index in [2.05, 4.69) is 0 Å². The van der Waals surface area contributed by atoms with Gasteiger partial charge in [0.2, 0.25) is 11.8 Å². The Labute approximate surface area is 108 Å². The number of unbranched alkanes of at least 4 members (excludes halogenated alkanes) is 2. The van der Waals surface area contributed by atoms with E-state index in [1.54, 1.807) is 0 Å². The molecule has 0 atom stereocenters. The van der Waals surface area contributed by atoms with Crippen molar-refractivity contribution in [2.45, 2.75) is 57.8 Å². The Morgan fingerprint density at radius 1 is 1.00 bits per heavy atom. The van der Waals surface area contributed by atoms with Crippen LogP contribution in [0.2, 0.25) is 0 Å². The molecule has 102 valence electrons. The third kappa shape index (κ3) is 2.91. The molecule has 2 aliphatic rings. The van der Waals surface area contributed by atoms with E-state index in [-0.39, 0.29) is 23.8 Å². The van der Waals surface area contributed by atoms with Gasteiger partial charge in [0.15, 0.2) is 0 Å². The molecule has 1 heterocycles. The second kappa shape index (κ2) is 5.83. The number of rotatable bonds is 5. The molecule has 0 aromatic rings. The molecule has 1 N–H and O–H groups in total. The van der Waals surface area contributed by atoms with E-state index in [9.17, 15) is 9.59 Å². The molecule has 2 amide bonds. The fourth-order valence-electron chi connectivity index (χ4n) is 3.32. The molecule has 0 aromatic carbocycles. The van der Waals surface area contributed by atoms with E-state index in [1.807, 2.05) is 0 Å². The minimum absolute atomic E-state index is 0.00969. The molecule has 2 fully saturated rings. The summed E-state index contributed by atoms with van der Waals surface area (Å²) in [4.78, 5) is 25.6. The number of carbonyl (C=O) groups is 2. The minimum Gasteiger partial charge on any atom is -0.396 e. The van der Waals surface area contributed by atoms with Gasteiger partial charge in [-0.1, -0.05) is 12.8 Å². The summed E-state index contributed by atoms with van der Waals surface area (Å²) in [6, 6.07) is 0. The number of piperidine rings is 1. The molecular weight excluding hydrogens is 230 g/mol. The predicted octanol–water partition coefficient (Wildman–Crippen LogP) is 1.86. The third-order valence-electron chi connectivity index (χ3n) is 4.36. The molecule has 1 aliphatic heterocycles. The van der Waals surface area contributed by atoms with Crippen LogP contribution in [0.3, 0.4) is 0 Å². The first-order valence-corrected chi connectivity index (χ1v) is 7.11. The van der Waals surface area contributed by atoms with Crippen molar-refractivity contribution in [2.75, 3.05) is 13.2 Å². The number of hydrogen-bond acceptors (Lipinski definition) is 3. The predicted molar refractivity (Wildman–Crippen MR) is 67.8 cm³/mol. The quantitative estimate of drug-likeness (QED) is 0.601. The molecule has 1 spiro atoms. The number of nitrogens with zero attached hydrogens (tertiary/aromatic N) is 1. The van der Waals surface area contributed by atoms with Crippen molar-refractivity contribution in [3.05, 3.63) is 0 Å². The van der Waals surface area contributed by atoms with Gasteiger partial charge in [0.1, 0.15) is 0 Å². The van der Waals surface area contributed by atoms with Crippen molar-refractivity contribution in [3.8, 4) is 0 Å². The molecule has 0 bridgehead atoms. The Bertz CT molecular complexity index is 301. The van der Waals surface area contributed by atoms with Crippen LogP contribution in [0.1, 0.15) is 57.8 Å². The maximum absolute atomic E-state index is 12.1. The Kier molecular flexibility index (Phi) is 4.38. The Morgan fingerprint density at radius 3 is 2.17 bits per heavy atom. The maximum atomic E-state index is 12.1. The maximum Gasteiger partial charge on any atom is 0.229 e. The summed E-state index contributed by atoms with van der Waals surface area (Å²) < 4.78 is 0. The minimum atomic E-state index is 0.00969. The van der Waals surface area contributed by atoms with Crippen molar-refractivity contribution in [1.82, 2.24) is 4.90 Å². The summed E-state index contributed by atoms with van der Waals surface area (Å²) in [5.41, 5.74) is 0.00969. The summed E-state index contributed by atoms with van der Waals surface area (Å²) in [7, 11) is 0. The van der Waals surface area contributed by atoms with Crippen LogP contribution in [0.25, 0.3) is 0 Å². The third-order valence-corrected chi connectivity index (χ3v) is 4.36. The number of carbonyl (C=O) groups excluding carboxylic acids is 2. The molecule has 18 heavy (non-hydrogen) atoms. The van der Waals surface area contributed by atoms with E-state index >= 15 is 0 Å². The number of likely N-dealkylation sites (tertiary alicyclic amines) is 1. The first-order valence-electron chi connectivity index (χ1n) is 7.11. The normalized spacial score (nSPS) is 23.1. The van der Waals surface area contributed by atoms with Crippen LogP contribution in [-0.4, -0.2) is 35.0 Å². The van der Waals surface area contributed by atoms with E-state index < -0.39 is 0 Å². The molecule has 1 saturated heterocycles. The van der Waals surface area contributed by atoms with E-state index in [1.165, 1.54) is 4.90 Å². The van der Waals surface area contributed by atoms with Gasteiger partial charge in [0.05, 0.1) is 0 Å². The Balaban J connectivity index is 1.86. The molecule has 1 saturated carbocycles. The lowest BCUT2D eigenvalue weighted by atomic mass is 9.76. The molecular formula is C14H23NO3. The van der Waals surface area contributed by atoms with E-state index in [0.29, 0.717) is 19.4 Å². The van der Waals surface area contributed by atoms with Crippen molar-refractivity contribution >= 4 is 11.8 Å². The van der Waals surface area contributed by atoms with Crippen LogP contribution in [0.15, 0.2) is 0 Å². The number of imide groups is 1. The highest BCUT2D eigenvalue weighted by atomic mass is 16.3. The van der Waals surface area contributed by atoms with Gasteiger partial charge in [0, 0.05) is 26.0 Å². The monoisotopic (exact) mass is 253 g/mol. The highest BCUT2D eigenvalue weighted by molar-refractivity contribution is 5.98. The van der Waals surface area contributed by atoms with Gasteiger partial charge in [-0.3, -0.25) is 14.5 Å². The molecule has 4 nitrogen and oxygen atoms in total. The van der Waals surface area contributed by atoms with E-state index in [4.69, 9.17) is 5.11 Å². The second-order valence-corrected chi connectivity index (χ2v) is 5.78. The van der Waals surface area contributed by atoms with Gasteiger partial charge in [-0.15, -0.1) is 0 Å². The average Bonchev–Trinajstić information content (AvgIpc) is 2.75. The summed E-state index contributed by atoms with van der Waals surface area (Å²) in [5.74, 6) is 0.0503. The number of aliphatic hydroxyl groups excluding tert-OH is 1. The van der Waals surface area contributed by atoms with Crippen LogP contribution < -0.4 is 0 Å². The van der Waals surface area contributed by atoms with Gasteiger partial charge < -0.3 is 5.11 Å². The van der Waals surface area contributed by atoms with Gasteiger partial charge in [0.25, 0.3) is 0 Å².